The maximum absolute atomic E-state index is 12.2. The molecule has 1 heterocycles. The molecule has 0 aromatic heterocycles. The predicted octanol–water partition coefficient (Wildman–Crippen LogP) is 5.06. The lowest BCUT2D eigenvalue weighted by molar-refractivity contribution is -0.120. The van der Waals surface area contributed by atoms with Gasteiger partial charge in [0, 0.05) is 36.0 Å². The summed E-state index contributed by atoms with van der Waals surface area (Å²) in [6, 6.07) is 14.3. The quantitative estimate of drug-likeness (QED) is 0.475. The number of carbonyl (C=O) groups excluding carboxylic acids is 1. The number of amides is 1. The van der Waals surface area contributed by atoms with E-state index in [1.54, 1.807) is 0 Å². The number of aliphatic hydroxyl groups is 1. The Morgan fingerprint density at radius 2 is 2.06 bits per heavy atom. The SMILES string of the molecule is CCC(=O)NCCC[C@@](O)(c1cccc(Cl)c1-c1cccc(CC)c1)[C@@H]1CCCNC1. The van der Waals surface area contributed by atoms with Crippen LogP contribution < -0.4 is 10.6 Å². The molecule has 1 saturated heterocycles. The average molecular weight is 443 g/mol. The zero-order valence-corrected chi connectivity index (χ0v) is 19.5. The second-order valence-electron chi connectivity index (χ2n) is 8.49. The Morgan fingerprint density at radius 3 is 2.77 bits per heavy atom. The number of hydrogen-bond donors (Lipinski definition) is 3. The number of benzene rings is 2. The fourth-order valence-electron chi connectivity index (χ4n) is 4.65. The first kappa shape index (κ1) is 23.8. The molecule has 2 aromatic carbocycles. The number of rotatable bonds is 9. The maximum Gasteiger partial charge on any atom is 0.219 e. The third-order valence-electron chi connectivity index (χ3n) is 6.45. The van der Waals surface area contributed by atoms with Crippen LogP contribution in [0.5, 0.6) is 0 Å². The Labute approximate surface area is 191 Å². The van der Waals surface area contributed by atoms with Crippen molar-refractivity contribution in [1.82, 2.24) is 10.6 Å². The molecule has 2 aromatic rings. The molecule has 1 amide bonds. The van der Waals surface area contributed by atoms with Crippen LogP contribution in [0.4, 0.5) is 0 Å². The van der Waals surface area contributed by atoms with Gasteiger partial charge < -0.3 is 15.7 Å². The topological polar surface area (TPSA) is 61.4 Å². The molecule has 1 fully saturated rings. The molecule has 0 aliphatic carbocycles. The maximum atomic E-state index is 12.2. The van der Waals surface area contributed by atoms with Gasteiger partial charge in [0.05, 0.1) is 5.60 Å². The van der Waals surface area contributed by atoms with Gasteiger partial charge in [-0.1, -0.05) is 61.8 Å². The normalized spacial score (nSPS) is 18.4. The molecule has 5 heteroatoms. The predicted molar refractivity (Wildman–Crippen MR) is 128 cm³/mol. The van der Waals surface area contributed by atoms with Gasteiger partial charge in [0.25, 0.3) is 0 Å². The zero-order chi connectivity index (χ0) is 22.3. The van der Waals surface area contributed by atoms with Crippen LogP contribution in [0.2, 0.25) is 5.02 Å². The summed E-state index contributed by atoms with van der Waals surface area (Å²) in [6.07, 6.45) is 4.71. The van der Waals surface area contributed by atoms with Crippen molar-refractivity contribution in [3.05, 3.63) is 58.6 Å². The number of piperidine rings is 1. The van der Waals surface area contributed by atoms with Crippen LogP contribution in [0.25, 0.3) is 11.1 Å². The molecule has 0 spiro atoms. The van der Waals surface area contributed by atoms with E-state index in [-0.39, 0.29) is 11.8 Å². The van der Waals surface area contributed by atoms with Crippen LogP contribution in [0, 0.1) is 5.92 Å². The van der Waals surface area contributed by atoms with E-state index in [0.717, 1.165) is 49.0 Å². The fourth-order valence-corrected chi connectivity index (χ4v) is 4.94. The molecule has 3 N–H and O–H groups in total. The Bertz CT molecular complexity index is 879. The van der Waals surface area contributed by atoms with Crippen LogP contribution in [0.3, 0.4) is 0 Å². The summed E-state index contributed by atoms with van der Waals surface area (Å²) >= 11 is 6.74. The summed E-state index contributed by atoms with van der Waals surface area (Å²) in [5, 5.41) is 19.3. The summed E-state index contributed by atoms with van der Waals surface area (Å²) in [5.41, 5.74) is 3.08. The van der Waals surface area contributed by atoms with E-state index in [1.807, 2.05) is 25.1 Å². The van der Waals surface area contributed by atoms with E-state index < -0.39 is 5.60 Å². The van der Waals surface area contributed by atoms with Crippen molar-refractivity contribution in [3.63, 3.8) is 0 Å². The number of hydrogen-bond acceptors (Lipinski definition) is 3. The highest BCUT2D eigenvalue weighted by molar-refractivity contribution is 6.33. The first-order valence-corrected chi connectivity index (χ1v) is 12.0. The van der Waals surface area contributed by atoms with E-state index >= 15 is 0 Å². The first-order valence-electron chi connectivity index (χ1n) is 11.6. The molecule has 168 valence electrons. The Hall–Kier alpha value is -1.88. The molecular weight excluding hydrogens is 408 g/mol. The molecule has 0 saturated carbocycles. The molecule has 1 aliphatic heterocycles. The van der Waals surface area contributed by atoms with Crippen molar-refractivity contribution < 1.29 is 9.90 Å². The lowest BCUT2D eigenvalue weighted by Crippen LogP contribution is -2.45. The molecule has 0 unspecified atom stereocenters. The third-order valence-corrected chi connectivity index (χ3v) is 6.77. The lowest BCUT2D eigenvalue weighted by atomic mass is 9.72. The van der Waals surface area contributed by atoms with Crippen LogP contribution in [-0.4, -0.2) is 30.6 Å². The molecule has 1 aliphatic rings. The minimum atomic E-state index is -1.02. The van der Waals surface area contributed by atoms with Gasteiger partial charge in [-0.3, -0.25) is 4.79 Å². The first-order chi connectivity index (χ1) is 15.0. The van der Waals surface area contributed by atoms with Gasteiger partial charge in [0.15, 0.2) is 0 Å². The molecular formula is C26H35ClN2O2. The average Bonchev–Trinajstić information content (AvgIpc) is 2.81. The van der Waals surface area contributed by atoms with E-state index in [1.165, 1.54) is 5.56 Å². The van der Waals surface area contributed by atoms with Gasteiger partial charge in [-0.25, -0.2) is 0 Å². The Kier molecular flexibility index (Phi) is 8.53. The monoisotopic (exact) mass is 442 g/mol. The number of halogens is 1. The van der Waals surface area contributed by atoms with Crippen molar-refractivity contribution >= 4 is 17.5 Å². The molecule has 0 radical (unpaired) electrons. The summed E-state index contributed by atoms with van der Waals surface area (Å²) < 4.78 is 0. The van der Waals surface area contributed by atoms with Gasteiger partial charge in [0.2, 0.25) is 5.91 Å². The third kappa shape index (κ3) is 5.68. The summed E-state index contributed by atoms with van der Waals surface area (Å²) in [6.45, 7) is 6.32. The standard InChI is InChI=1S/C26H35ClN2O2/c1-3-19-9-5-10-20(17-19)25-22(12-6-13-23(25)27)26(31,21-11-7-15-28-18-21)14-8-16-29-24(30)4-2/h5-6,9-10,12-13,17,21,28,31H,3-4,7-8,11,14-16,18H2,1-2H3,(H,29,30)/t21-,26+/m1/s1. The number of carbonyl (C=O) groups is 1. The summed E-state index contributed by atoms with van der Waals surface area (Å²) in [7, 11) is 0. The van der Waals surface area contributed by atoms with Crippen molar-refractivity contribution in [2.24, 2.45) is 5.92 Å². The number of nitrogens with one attached hydrogen (secondary N) is 2. The molecule has 2 atom stereocenters. The smallest absolute Gasteiger partial charge is 0.219 e. The molecule has 31 heavy (non-hydrogen) atoms. The zero-order valence-electron chi connectivity index (χ0n) is 18.7. The Morgan fingerprint density at radius 1 is 1.26 bits per heavy atom. The fraction of sp³-hybridized carbons (Fsp3) is 0.500. The lowest BCUT2D eigenvalue weighted by Gasteiger charge is -2.40. The van der Waals surface area contributed by atoms with Crippen LogP contribution in [0.15, 0.2) is 42.5 Å². The van der Waals surface area contributed by atoms with Crippen molar-refractivity contribution in [3.8, 4) is 11.1 Å². The van der Waals surface area contributed by atoms with E-state index in [0.29, 0.717) is 30.8 Å². The minimum Gasteiger partial charge on any atom is -0.385 e. The van der Waals surface area contributed by atoms with Crippen LogP contribution >= 0.6 is 11.6 Å². The second kappa shape index (κ2) is 11.1. The van der Waals surface area contributed by atoms with Gasteiger partial charge >= 0.3 is 0 Å². The molecule has 0 bridgehead atoms. The van der Waals surface area contributed by atoms with E-state index in [2.05, 4.69) is 41.8 Å². The van der Waals surface area contributed by atoms with Gasteiger partial charge in [-0.15, -0.1) is 0 Å². The minimum absolute atomic E-state index is 0.0442. The van der Waals surface area contributed by atoms with Crippen LogP contribution in [-0.2, 0) is 16.8 Å². The van der Waals surface area contributed by atoms with Crippen molar-refractivity contribution in [2.45, 2.75) is 58.0 Å². The van der Waals surface area contributed by atoms with E-state index in [9.17, 15) is 9.90 Å². The van der Waals surface area contributed by atoms with Gasteiger partial charge in [0.1, 0.15) is 0 Å². The number of aryl methyl sites for hydroxylation is 1. The summed E-state index contributed by atoms with van der Waals surface area (Å²) in [4.78, 5) is 11.7. The highest BCUT2D eigenvalue weighted by Crippen LogP contribution is 2.44. The molecule has 3 rings (SSSR count). The van der Waals surface area contributed by atoms with Crippen molar-refractivity contribution in [1.29, 1.82) is 0 Å². The summed E-state index contributed by atoms with van der Waals surface area (Å²) in [5.74, 6) is 0.136. The largest absolute Gasteiger partial charge is 0.385 e. The van der Waals surface area contributed by atoms with Gasteiger partial charge in [-0.2, -0.15) is 0 Å². The second-order valence-corrected chi connectivity index (χ2v) is 8.90. The Balaban J connectivity index is 2.00. The molecule has 4 nitrogen and oxygen atoms in total. The van der Waals surface area contributed by atoms with Crippen LogP contribution in [0.1, 0.15) is 57.1 Å². The highest BCUT2D eigenvalue weighted by atomic mass is 35.5. The van der Waals surface area contributed by atoms with E-state index in [4.69, 9.17) is 11.6 Å². The van der Waals surface area contributed by atoms with Crippen molar-refractivity contribution in [2.75, 3.05) is 19.6 Å². The van der Waals surface area contributed by atoms with Gasteiger partial charge in [-0.05, 0) is 61.4 Å². The highest BCUT2D eigenvalue weighted by Gasteiger charge is 2.40.